The average molecular weight is 354 g/mol. The van der Waals surface area contributed by atoms with Gasteiger partial charge >= 0.3 is 12.4 Å². The van der Waals surface area contributed by atoms with Gasteiger partial charge in [-0.2, -0.15) is 26.3 Å². The Bertz CT molecular complexity index is 479. The fraction of sp³-hybridized carbons (Fsp3) is 0.222. The molecule has 0 saturated carbocycles. The lowest BCUT2D eigenvalue weighted by atomic mass is 10.2. The Kier molecular flexibility index (Phi) is 4.32. The first kappa shape index (κ1) is 15.3. The van der Waals surface area contributed by atoms with Crippen molar-refractivity contribution in [2.45, 2.75) is 12.4 Å². The molecular weight excluding hydrogens is 351 g/mol. The summed E-state index contributed by atoms with van der Waals surface area (Å²) in [6.45, 7) is 0. The van der Waals surface area contributed by atoms with Gasteiger partial charge in [0.05, 0.1) is 15.7 Å². The van der Waals surface area contributed by atoms with Gasteiger partial charge in [0, 0.05) is 0 Å². The van der Waals surface area contributed by atoms with E-state index < -0.39 is 33.2 Å². The van der Waals surface area contributed by atoms with Gasteiger partial charge in [-0.25, -0.2) is 4.99 Å². The van der Waals surface area contributed by atoms with Gasteiger partial charge in [-0.05, 0) is 28.1 Å². The molecule has 0 bridgehead atoms. The monoisotopic (exact) mass is 353 g/mol. The molecule has 0 spiro atoms. The molecule has 0 N–H and O–H groups in total. The Hall–Kier alpha value is -0.760. The van der Waals surface area contributed by atoms with Gasteiger partial charge in [-0.3, -0.25) is 0 Å². The van der Waals surface area contributed by atoms with Crippen LogP contribution < -0.4 is 0 Å². The second kappa shape index (κ2) is 5.08. The fourth-order valence-corrected chi connectivity index (χ4v) is 1.66. The van der Waals surface area contributed by atoms with Crippen LogP contribution in [0, 0.1) is 0 Å². The van der Waals surface area contributed by atoms with Crippen LogP contribution in [0.15, 0.2) is 27.7 Å². The van der Waals surface area contributed by atoms with E-state index in [9.17, 15) is 26.3 Å². The highest BCUT2D eigenvalue weighted by Gasteiger charge is 2.36. The molecule has 0 aliphatic heterocycles. The summed E-state index contributed by atoms with van der Waals surface area (Å²) < 4.78 is 73.1. The molecule has 0 aliphatic rings. The van der Waals surface area contributed by atoms with E-state index in [1.807, 2.05) is 0 Å². The number of hydrogen-bond donors (Lipinski definition) is 0. The first-order valence-electron chi connectivity index (χ1n) is 4.20. The second-order valence-electron chi connectivity index (χ2n) is 3.04. The number of alkyl halides is 6. The molecule has 0 fully saturated rings. The Morgan fingerprint density at radius 2 is 1.67 bits per heavy atom. The van der Waals surface area contributed by atoms with Crippen molar-refractivity contribution in [3.63, 3.8) is 0 Å². The van der Waals surface area contributed by atoms with Gasteiger partial charge in [0.25, 0.3) is 0 Å². The molecule has 1 nitrogen and oxygen atoms in total. The maximum Gasteiger partial charge on any atom is 0.444 e. The number of hydrogen-bond acceptors (Lipinski definition) is 1. The van der Waals surface area contributed by atoms with Crippen molar-refractivity contribution in [2.24, 2.45) is 4.99 Å². The lowest BCUT2D eigenvalue weighted by Gasteiger charge is -2.11. The van der Waals surface area contributed by atoms with Crippen molar-refractivity contribution < 1.29 is 26.3 Å². The van der Waals surface area contributed by atoms with Crippen LogP contribution in [0.2, 0.25) is 0 Å². The van der Waals surface area contributed by atoms with E-state index in [0.717, 1.165) is 12.1 Å². The molecule has 100 valence electrons. The SMILES string of the molecule is FC(F)(F)C(Cl)=Nc1cccc(C(F)(F)F)c1Br. The van der Waals surface area contributed by atoms with Crippen molar-refractivity contribution in [1.82, 2.24) is 0 Å². The zero-order valence-corrected chi connectivity index (χ0v) is 10.5. The predicted octanol–water partition coefficient (Wildman–Crippen LogP) is 5.30. The predicted molar refractivity (Wildman–Crippen MR) is 58.1 cm³/mol. The minimum Gasteiger partial charge on any atom is -0.231 e. The molecule has 0 saturated heterocycles. The molecule has 0 radical (unpaired) electrons. The fourth-order valence-electron chi connectivity index (χ4n) is 0.994. The third-order valence-corrected chi connectivity index (χ3v) is 2.87. The molecule has 0 aliphatic carbocycles. The van der Waals surface area contributed by atoms with Gasteiger partial charge < -0.3 is 0 Å². The summed E-state index contributed by atoms with van der Waals surface area (Å²) in [4.78, 5) is 2.91. The van der Waals surface area contributed by atoms with Crippen LogP contribution in [-0.4, -0.2) is 11.3 Å². The molecule has 1 aromatic carbocycles. The Morgan fingerprint density at radius 3 is 2.11 bits per heavy atom. The lowest BCUT2D eigenvalue weighted by molar-refractivity contribution is -0.138. The third-order valence-electron chi connectivity index (χ3n) is 1.74. The Morgan fingerprint density at radius 1 is 1.11 bits per heavy atom. The smallest absolute Gasteiger partial charge is 0.231 e. The van der Waals surface area contributed by atoms with Crippen molar-refractivity contribution >= 4 is 38.4 Å². The molecule has 0 atom stereocenters. The summed E-state index contributed by atoms with van der Waals surface area (Å²) in [5, 5.41) is -1.75. The summed E-state index contributed by atoms with van der Waals surface area (Å²) >= 11 is 7.41. The van der Waals surface area contributed by atoms with E-state index in [1.54, 1.807) is 0 Å². The molecule has 0 aromatic heterocycles. The summed E-state index contributed by atoms with van der Waals surface area (Å²) in [6, 6.07) is 2.63. The van der Waals surface area contributed by atoms with Crippen LogP contribution in [0.3, 0.4) is 0 Å². The van der Waals surface area contributed by atoms with Crippen LogP contribution in [0.4, 0.5) is 32.0 Å². The van der Waals surface area contributed by atoms with Crippen molar-refractivity contribution in [2.75, 3.05) is 0 Å². The Balaban J connectivity index is 3.30. The molecule has 1 rings (SSSR count). The average Bonchev–Trinajstić information content (AvgIpc) is 2.17. The molecule has 0 unspecified atom stereocenters. The number of halogens is 8. The normalized spacial score (nSPS) is 13.9. The number of benzene rings is 1. The van der Waals surface area contributed by atoms with Crippen molar-refractivity contribution in [3.8, 4) is 0 Å². The largest absolute Gasteiger partial charge is 0.444 e. The zero-order valence-electron chi connectivity index (χ0n) is 8.20. The molecule has 9 heteroatoms. The second-order valence-corrected chi connectivity index (χ2v) is 4.19. The standard InChI is InChI=1S/C9H3BrClF6N/c10-6-4(8(12,13)14)2-1-3-5(6)18-7(11)9(15,16)17/h1-3H. The summed E-state index contributed by atoms with van der Waals surface area (Å²) in [7, 11) is 0. The number of nitrogens with zero attached hydrogens (tertiary/aromatic N) is 1. The van der Waals surface area contributed by atoms with E-state index >= 15 is 0 Å². The van der Waals surface area contributed by atoms with E-state index in [1.165, 1.54) is 0 Å². The summed E-state index contributed by atoms with van der Waals surface area (Å²) in [6.07, 6.45) is -9.61. The minimum absolute atomic E-state index is 0.549. The van der Waals surface area contributed by atoms with E-state index in [-0.39, 0.29) is 0 Å². The summed E-state index contributed by atoms with van der Waals surface area (Å²) in [5.74, 6) is 0. The maximum atomic E-state index is 12.5. The van der Waals surface area contributed by atoms with Crippen LogP contribution in [0.5, 0.6) is 0 Å². The van der Waals surface area contributed by atoms with E-state index in [0.29, 0.717) is 6.07 Å². The molecule has 1 aromatic rings. The Labute approximate surface area is 111 Å². The van der Waals surface area contributed by atoms with Gasteiger partial charge in [0.15, 0.2) is 0 Å². The molecule has 18 heavy (non-hydrogen) atoms. The van der Waals surface area contributed by atoms with Gasteiger partial charge in [0.2, 0.25) is 5.17 Å². The van der Waals surface area contributed by atoms with Crippen molar-refractivity contribution in [3.05, 3.63) is 28.2 Å². The van der Waals surface area contributed by atoms with E-state index in [4.69, 9.17) is 11.6 Å². The van der Waals surface area contributed by atoms with Crippen LogP contribution in [0.25, 0.3) is 0 Å². The summed E-state index contributed by atoms with van der Waals surface area (Å²) in [5.41, 5.74) is -1.68. The quantitative estimate of drug-likeness (QED) is 0.479. The van der Waals surface area contributed by atoms with Crippen LogP contribution in [-0.2, 0) is 6.18 Å². The topological polar surface area (TPSA) is 12.4 Å². The lowest BCUT2D eigenvalue weighted by Crippen LogP contribution is -2.16. The van der Waals surface area contributed by atoms with Gasteiger partial charge in [-0.1, -0.05) is 17.7 Å². The van der Waals surface area contributed by atoms with Crippen molar-refractivity contribution in [1.29, 1.82) is 0 Å². The maximum absolute atomic E-state index is 12.5. The molecular formula is C9H3BrClF6N. The van der Waals surface area contributed by atoms with Gasteiger partial charge in [0.1, 0.15) is 0 Å². The number of aliphatic imine (C=N–C) groups is 1. The van der Waals surface area contributed by atoms with Crippen LogP contribution >= 0.6 is 27.5 Å². The highest BCUT2D eigenvalue weighted by atomic mass is 79.9. The third kappa shape index (κ3) is 3.61. The minimum atomic E-state index is -4.91. The first-order chi connectivity index (χ1) is 8.03. The molecule has 0 heterocycles. The highest BCUT2D eigenvalue weighted by Crippen LogP contribution is 2.40. The first-order valence-corrected chi connectivity index (χ1v) is 5.37. The zero-order chi connectivity index (χ0) is 14.1. The molecule has 0 amide bonds. The number of rotatable bonds is 1. The van der Waals surface area contributed by atoms with E-state index in [2.05, 4.69) is 20.9 Å². The van der Waals surface area contributed by atoms with Gasteiger partial charge in [-0.15, -0.1) is 0 Å². The highest BCUT2D eigenvalue weighted by molar-refractivity contribution is 9.10. The van der Waals surface area contributed by atoms with Crippen LogP contribution in [0.1, 0.15) is 5.56 Å².